The average molecular weight is 520 g/mol. The highest BCUT2D eigenvalue weighted by Crippen LogP contribution is 2.31. The molecule has 3 heterocycles. The molecule has 2 aromatic carbocycles. The van der Waals surface area contributed by atoms with E-state index >= 15 is 0 Å². The van der Waals surface area contributed by atoms with Crippen LogP contribution >= 0.6 is 0 Å². The Balaban J connectivity index is 1.30. The molecule has 0 bridgehead atoms. The number of halogens is 3. The van der Waals surface area contributed by atoms with Gasteiger partial charge in [-0.25, -0.2) is 4.79 Å². The number of pyridine rings is 1. The molecule has 192 valence electrons. The molecule has 0 unspecified atom stereocenters. The average Bonchev–Trinajstić information content (AvgIpc) is 3.49. The molecule has 2 amide bonds. The smallest absolute Gasteiger partial charge is 0.416 e. The van der Waals surface area contributed by atoms with Crippen molar-refractivity contribution < 1.29 is 27.5 Å². The van der Waals surface area contributed by atoms with Crippen LogP contribution in [0.2, 0.25) is 0 Å². The number of alkyl halides is 3. The van der Waals surface area contributed by atoms with Crippen LogP contribution in [0.5, 0.6) is 11.5 Å². The zero-order chi connectivity index (χ0) is 26.9. The number of carbonyl (C=O) groups excluding carboxylic acids is 2. The summed E-state index contributed by atoms with van der Waals surface area (Å²) in [6.07, 6.45) is 0.121. The van der Waals surface area contributed by atoms with Gasteiger partial charge in [0.15, 0.2) is 5.82 Å². The summed E-state index contributed by atoms with van der Waals surface area (Å²) in [5.41, 5.74) is -0.186. The van der Waals surface area contributed by atoms with E-state index in [0.29, 0.717) is 28.2 Å². The molecule has 0 fully saturated rings. The molecule has 3 aromatic heterocycles. The standard InChI is InChI=1S/C26H19F3N6O3/c1-34-11-9-23(33-34)32-24(36)21-15-20(7-10-30-21)38-19-5-6-22-16(13-19)8-12-35(22)25(37)31-18-4-2-3-17(14-18)26(27,28)29/h2-15H,1H3,(H,31,37)(H,32,33,36). The van der Waals surface area contributed by atoms with Crippen LogP contribution in [0.4, 0.5) is 29.5 Å². The minimum Gasteiger partial charge on any atom is -0.457 e. The van der Waals surface area contributed by atoms with E-state index in [4.69, 9.17) is 4.74 Å². The van der Waals surface area contributed by atoms with Gasteiger partial charge in [-0.2, -0.15) is 18.3 Å². The van der Waals surface area contributed by atoms with Crippen LogP contribution in [0.25, 0.3) is 10.9 Å². The molecule has 0 radical (unpaired) electrons. The number of aryl methyl sites for hydroxylation is 1. The highest BCUT2D eigenvalue weighted by molar-refractivity contribution is 6.02. The Morgan fingerprint density at radius 2 is 1.74 bits per heavy atom. The van der Waals surface area contributed by atoms with Crippen molar-refractivity contribution >= 4 is 34.3 Å². The van der Waals surface area contributed by atoms with Gasteiger partial charge in [-0.1, -0.05) is 6.07 Å². The van der Waals surface area contributed by atoms with E-state index in [1.165, 1.54) is 35.2 Å². The Labute approximate surface area is 213 Å². The van der Waals surface area contributed by atoms with Gasteiger partial charge in [-0.3, -0.25) is 19.0 Å². The van der Waals surface area contributed by atoms with Gasteiger partial charge in [-0.05, 0) is 48.5 Å². The van der Waals surface area contributed by atoms with Crippen molar-refractivity contribution in [1.82, 2.24) is 19.3 Å². The van der Waals surface area contributed by atoms with Crippen molar-refractivity contribution in [1.29, 1.82) is 0 Å². The Kier molecular flexibility index (Phi) is 6.29. The fourth-order valence-corrected chi connectivity index (χ4v) is 3.72. The van der Waals surface area contributed by atoms with E-state index in [9.17, 15) is 22.8 Å². The lowest BCUT2D eigenvalue weighted by Gasteiger charge is -2.11. The molecule has 0 saturated carbocycles. The fraction of sp³-hybridized carbons (Fsp3) is 0.0769. The number of aromatic nitrogens is 4. The van der Waals surface area contributed by atoms with E-state index in [1.807, 2.05) is 0 Å². The number of anilines is 2. The summed E-state index contributed by atoms with van der Waals surface area (Å²) < 4.78 is 47.7. The number of nitrogens with zero attached hydrogens (tertiary/aromatic N) is 4. The van der Waals surface area contributed by atoms with E-state index in [0.717, 1.165) is 12.1 Å². The third kappa shape index (κ3) is 5.33. The maximum atomic E-state index is 13.0. The van der Waals surface area contributed by atoms with E-state index in [-0.39, 0.29) is 11.4 Å². The Bertz CT molecular complexity index is 1660. The van der Waals surface area contributed by atoms with Gasteiger partial charge in [-0.15, -0.1) is 0 Å². The van der Waals surface area contributed by atoms with Crippen LogP contribution in [-0.2, 0) is 13.2 Å². The van der Waals surface area contributed by atoms with Crippen molar-refractivity contribution in [2.24, 2.45) is 7.05 Å². The normalized spacial score (nSPS) is 11.4. The summed E-state index contributed by atoms with van der Waals surface area (Å²) in [5, 5.41) is 9.88. The molecule has 5 rings (SSSR count). The quantitative estimate of drug-likeness (QED) is 0.300. The molecule has 2 N–H and O–H groups in total. The SMILES string of the molecule is Cn1ccc(NC(=O)c2cc(Oc3ccc4c(ccn4C(=O)Nc4cccc(C(F)(F)F)c4)c3)ccn2)n1. The van der Waals surface area contributed by atoms with Gasteiger partial charge in [0, 0.05) is 48.8 Å². The number of ether oxygens (including phenoxy) is 1. The molecule has 0 aliphatic carbocycles. The fourth-order valence-electron chi connectivity index (χ4n) is 3.72. The molecule has 38 heavy (non-hydrogen) atoms. The maximum Gasteiger partial charge on any atom is 0.416 e. The van der Waals surface area contributed by atoms with Gasteiger partial charge in [0.1, 0.15) is 17.2 Å². The number of fused-ring (bicyclic) bond motifs is 1. The molecule has 0 aliphatic heterocycles. The van der Waals surface area contributed by atoms with E-state index < -0.39 is 23.7 Å². The molecule has 0 aliphatic rings. The number of benzene rings is 2. The molecule has 12 heteroatoms. The molecule has 9 nitrogen and oxygen atoms in total. The Morgan fingerprint density at radius 1 is 0.921 bits per heavy atom. The lowest BCUT2D eigenvalue weighted by molar-refractivity contribution is -0.137. The van der Waals surface area contributed by atoms with Crippen molar-refractivity contribution in [2.75, 3.05) is 10.6 Å². The Hall–Kier alpha value is -5.13. The number of hydrogen-bond acceptors (Lipinski definition) is 5. The number of nitrogens with one attached hydrogen (secondary N) is 2. The number of rotatable bonds is 5. The lowest BCUT2D eigenvalue weighted by atomic mass is 10.2. The van der Waals surface area contributed by atoms with Crippen LogP contribution in [0.1, 0.15) is 16.1 Å². The van der Waals surface area contributed by atoms with Crippen LogP contribution in [0.3, 0.4) is 0 Å². The molecule has 0 spiro atoms. The highest BCUT2D eigenvalue weighted by Gasteiger charge is 2.30. The molecular weight excluding hydrogens is 501 g/mol. The summed E-state index contributed by atoms with van der Waals surface area (Å²) in [6, 6.07) is 15.2. The van der Waals surface area contributed by atoms with Gasteiger partial charge in [0.2, 0.25) is 0 Å². The van der Waals surface area contributed by atoms with Crippen molar-refractivity contribution in [3.05, 3.63) is 96.6 Å². The van der Waals surface area contributed by atoms with Crippen molar-refractivity contribution in [3.8, 4) is 11.5 Å². The van der Waals surface area contributed by atoms with Gasteiger partial charge in [0.25, 0.3) is 5.91 Å². The summed E-state index contributed by atoms with van der Waals surface area (Å²) in [6.45, 7) is 0. The van der Waals surface area contributed by atoms with Crippen LogP contribution in [-0.4, -0.2) is 31.3 Å². The van der Waals surface area contributed by atoms with Gasteiger partial charge < -0.3 is 15.4 Å². The Morgan fingerprint density at radius 3 is 2.50 bits per heavy atom. The summed E-state index contributed by atoms with van der Waals surface area (Å²) in [5.74, 6) is 0.745. The zero-order valence-electron chi connectivity index (χ0n) is 19.7. The number of hydrogen-bond donors (Lipinski definition) is 2. The van der Waals surface area contributed by atoms with Crippen molar-refractivity contribution in [3.63, 3.8) is 0 Å². The summed E-state index contributed by atoms with van der Waals surface area (Å²) in [7, 11) is 1.73. The van der Waals surface area contributed by atoms with E-state index in [1.54, 1.807) is 54.3 Å². The maximum absolute atomic E-state index is 13.0. The van der Waals surface area contributed by atoms with Crippen LogP contribution < -0.4 is 15.4 Å². The largest absolute Gasteiger partial charge is 0.457 e. The third-order valence-electron chi connectivity index (χ3n) is 5.48. The van der Waals surface area contributed by atoms with Crippen LogP contribution in [0.15, 0.2) is 85.3 Å². The van der Waals surface area contributed by atoms with E-state index in [2.05, 4.69) is 20.7 Å². The molecule has 0 atom stereocenters. The molecule has 5 aromatic rings. The van der Waals surface area contributed by atoms with Crippen LogP contribution in [0, 0.1) is 0 Å². The molecule has 0 saturated heterocycles. The highest BCUT2D eigenvalue weighted by atomic mass is 19.4. The second-order valence-corrected chi connectivity index (χ2v) is 8.22. The monoisotopic (exact) mass is 520 g/mol. The second kappa shape index (κ2) is 9.73. The zero-order valence-corrected chi connectivity index (χ0v) is 19.7. The first-order chi connectivity index (χ1) is 18.2. The summed E-state index contributed by atoms with van der Waals surface area (Å²) in [4.78, 5) is 29.3. The number of carbonyl (C=O) groups is 2. The minimum atomic E-state index is -4.52. The minimum absolute atomic E-state index is 0.0206. The molecular formula is C26H19F3N6O3. The van der Waals surface area contributed by atoms with Gasteiger partial charge >= 0.3 is 12.2 Å². The number of amides is 2. The first kappa shape index (κ1) is 24.6. The van der Waals surface area contributed by atoms with Gasteiger partial charge in [0.05, 0.1) is 11.1 Å². The first-order valence-electron chi connectivity index (χ1n) is 11.2. The second-order valence-electron chi connectivity index (χ2n) is 8.22. The lowest BCUT2D eigenvalue weighted by Crippen LogP contribution is -2.18. The first-order valence-corrected chi connectivity index (χ1v) is 11.2. The predicted octanol–water partition coefficient (Wildman–Crippen LogP) is 5.91. The summed E-state index contributed by atoms with van der Waals surface area (Å²) >= 11 is 0. The van der Waals surface area contributed by atoms with Crippen molar-refractivity contribution in [2.45, 2.75) is 6.18 Å². The topological polar surface area (TPSA) is 103 Å². The third-order valence-corrected chi connectivity index (χ3v) is 5.48. The predicted molar refractivity (Wildman–Crippen MR) is 133 cm³/mol.